The lowest BCUT2D eigenvalue weighted by Crippen LogP contribution is -2.18. The molecule has 1 unspecified atom stereocenters. The van der Waals surface area contributed by atoms with Crippen molar-refractivity contribution < 1.29 is 23.8 Å². The third kappa shape index (κ3) is 4.36. The average Bonchev–Trinajstić information content (AvgIpc) is 3.32. The van der Waals surface area contributed by atoms with Crippen LogP contribution in [0.2, 0.25) is 5.02 Å². The number of aromatic nitrogens is 3. The van der Waals surface area contributed by atoms with Crippen molar-refractivity contribution in [3.05, 3.63) is 69.1 Å². The van der Waals surface area contributed by atoms with E-state index in [0.717, 1.165) is 4.01 Å². The fourth-order valence-corrected chi connectivity index (χ4v) is 6.48. The quantitative estimate of drug-likeness (QED) is 0.236. The Bertz CT molecular complexity index is 1760. The molecule has 5 aromatic rings. The molecule has 1 amide bonds. The monoisotopic (exact) mass is 564 g/mol. The zero-order valence-corrected chi connectivity index (χ0v) is 22.0. The second kappa shape index (κ2) is 9.40. The van der Waals surface area contributed by atoms with Crippen LogP contribution in [0.15, 0.2) is 47.1 Å². The van der Waals surface area contributed by atoms with Crippen LogP contribution in [0.3, 0.4) is 0 Å². The van der Waals surface area contributed by atoms with Crippen molar-refractivity contribution in [1.29, 1.82) is 0 Å². The van der Waals surface area contributed by atoms with E-state index >= 15 is 0 Å². The minimum atomic E-state index is -0.863. The van der Waals surface area contributed by atoms with Crippen molar-refractivity contribution in [2.24, 2.45) is 0 Å². The summed E-state index contributed by atoms with van der Waals surface area (Å²) in [6, 6.07) is 8.85. The molecule has 0 bridgehead atoms. The smallest absolute Gasteiger partial charge is 0.412 e. The first-order valence-corrected chi connectivity index (χ1v) is 13.5. The number of nitrogens with one attached hydrogen (secondary N) is 1. The molecule has 0 radical (unpaired) electrons. The number of nitrogens with zero attached hydrogens (tertiary/aromatic N) is 3. The number of benzene rings is 1. The first-order chi connectivity index (χ1) is 18.3. The molecule has 1 aliphatic carbocycles. The van der Waals surface area contributed by atoms with Crippen LogP contribution in [0.1, 0.15) is 47.2 Å². The molecular formula is C26H17ClN4O5S2. The standard InChI is InChI=1S/C26H17ClN4O5S2/c1-13(14-4-2-3-5-16(14)27)35-25(34)30-20-15-8-11-28-12-18(15)36-17(20)6-7-19-29-21-22(37-19)38-23(31-21)26(9-10-26)24(32)33/h2-5,8,11-13H,9-10H2,1H3,(H,30,34)(H,32,33). The number of halogens is 1. The molecule has 6 rings (SSSR count). The van der Waals surface area contributed by atoms with Crippen molar-refractivity contribution in [2.45, 2.75) is 31.3 Å². The van der Waals surface area contributed by atoms with Gasteiger partial charge in [0.1, 0.15) is 26.2 Å². The minimum Gasteiger partial charge on any atom is -0.481 e. The van der Waals surface area contributed by atoms with E-state index in [-0.39, 0.29) is 5.76 Å². The average molecular weight is 565 g/mol. The fourth-order valence-electron chi connectivity index (χ4n) is 3.98. The predicted octanol–water partition coefficient (Wildman–Crippen LogP) is 6.37. The van der Waals surface area contributed by atoms with Crippen LogP contribution in [0.5, 0.6) is 0 Å². The Morgan fingerprint density at radius 2 is 2.03 bits per heavy atom. The lowest BCUT2D eigenvalue weighted by atomic mass is 10.1. The van der Waals surface area contributed by atoms with E-state index in [2.05, 4.69) is 32.1 Å². The van der Waals surface area contributed by atoms with Crippen molar-refractivity contribution >= 4 is 72.7 Å². The molecule has 4 heterocycles. The van der Waals surface area contributed by atoms with Gasteiger partial charge in [0.2, 0.25) is 5.76 Å². The number of hydrogen-bond donors (Lipinski definition) is 2. The molecule has 1 fully saturated rings. The first-order valence-electron chi connectivity index (χ1n) is 11.5. The normalized spacial score (nSPS) is 14.6. The number of carboxylic acid groups (broad SMARTS) is 1. The number of pyridine rings is 1. The molecule has 38 heavy (non-hydrogen) atoms. The van der Waals surface area contributed by atoms with Crippen molar-refractivity contribution in [2.75, 3.05) is 5.32 Å². The van der Waals surface area contributed by atoms with Crippen LogP contribution in [0.4, 0.5) is 10.5 Å². The lowest BCUT2D eigenvalue weighted by molar-refractivity contribution is -0.140. The number of carbonyl (C=O) groups is 2. The van der Waals surface area contributed by atoms with E-state index in [1.165, 1.54) is 28.9 Å². The third-order valence-electron chi connectivity index (χ3n) is 6.17. The molecule has 1 aromatic carbocycles. The van der Waals surface area contributed by atoms with Crippen molar-refractivity contribution in [3.8, 4) is 11.8 Å². The van der Waals surface area contributed by atoms with Gasteiger partial charge in [0.25, 0.3) is 0 Å². The Morgan fingerprint density at radius 3 is 2.76 bits per heavy atom. The Hall–Kier alpha value is -3.98. The van der Waals surface area contributed by atoms with Gasteiger partial charge in [-0.1, -0.05) is 41.1 Å². The number of carboxylic acids is 1. The molecule has 9 nitrogen and oxygen atoms in total. The highest BCUT2D eigenvalue weighted by Gasteiger charge is 2.54. The van der Waals surface area contributed by atoms with Gasteiger partial charge in [-0.3, -0.25) is 15.1 Å². The summed E-state index contributed by atoms with van der Waals surface area (Å²) < 4.78 is 12.2. The van der Waals surface area contributed by atoms with Gasteiger partial charge in [0.05, 0.1) is 6.20 Å². The summed E-state index contributed by atoms with van der Waals surface area (Å²) in [6.45, 7) is 1.73. The Labute approximate surface area is 228 Å². The maximum Gasteiger partial charge on any atom is 0.412 e. The summed E-state index contributed by atoms with van der Waals surface area (Å²) >= 11 is 8.90. The van der Waals surface area contributed by atoms with E-state index in [4.69, 9.17) is 20.8 Å². The number of anilines is 1. The van der Waals surface area contributed by atoms with Gasteiger partial charge in [0, 0.05) is 22.2 Å². The van der Waals surface area contributed by atoms with Gasteiger partial charge in [-0.25, -0.2) is 14.8 Å². The third-order valence-corrected chi connectivity index (χ3v) is 8.82. The van der Waals surface area contributed by atoms with E-state index < -0.39 is 23.6 Å². The summed E-state index contributed by atoms with van der Waals surface area (Å²) in [5, 5.41) is 14.4. The highest BCUT2D eigenvalue weighted by molar-refractivity contribution is 7.38. The van der Waals surface area contributed by atoms with Crippen LogP contribution in [-0.2, 0) is 14.9 Å². The van der Waals surface area contributed by atoms with Crippen LogP contribution in [0.25, 0.3) is 20.6 Å². The summed E-state index contributed by atoms with van der Waals surface area (Å²) in [5.41, 5.74) is 1.10. The van der Waals surface area contributed by atoms with Crippen LogP contribution in [-0.4, -0.2) is 32.1 Å². The number of hydrogen-bond acceptors (Lipinski definition) is 9. The summed E-state index contributed by atoms with van der Waals surface area (Å²) in [4.78, 5) is 37.4. The van der Waals surface area contributed by atoms with Crippen molar-refractivity contribution in [3.63, 3.8) is 0 Å². The number of fused-ring (bicyclic) bond motifs is 2. The van der Waals surface area contributed by atoms with Gasteiger partial charge in [-0.2, -0.15) is 0 Å². The van der Waals surface area contributed by atoms with Crippen molar-refractivity contribution in [1.82, 2.24) is 15.0 Å². The molecule has 190 valence electrons. The predicted molar refractivity (Wildman–Crippen MR) is 144 cm³/mol. The molecule has 4 aromatic heterocycles. The lowest BCUT2D eigenvalue weighted by Gasteiger charge is -2.15. The zero-order valence-electron chi connectivity index (χ0n) is 19.6. The molecule has 0 spiro atoms. The highest BCUT2D eigenvalue weighted by Crippen LogP contribution is 2.51. The molecule has 1 aliphatic rings. The SMILES string of the molecule is CC(OC(=O)Nc1c(C#Cc2nc3nc(C4(C(=O)O)CC4)sc3s2)oc2cnccc12)c1ccccc1Cl. The number of carbonyl (C=O) groups excluding carboxylic acids is 1. The topological polar surface area (TPSA) is 127 Å². The minimum absolute atomic E-state index is 0.213. The largest absolute Gasteiger partial charge is 0.481 e. The van der Waals surface area contributed by atoms with Crippen LogP contribution in [0, 0.1) is 11.8 Å². The summed E-state index contributed by atoms with van der Waals surface area (Å²) in [6.07, 6.45) is 3.01. The van der Waals surface area contributed by atoms with Gasteiger partial charge in [0.15, 0.2) is 16.2 Å². The summed E-state index contributed by atoms with van der Waals surface area (Å²) in [7, 11) is 0. The molecule has 0 saturated heterocycles. The first kappa shape index (κ1) is 24.4. The maximum atomic E-state index is 12.8. The Kier molecular flexibility index (Phi) is 6.03. The van der Waals surface area contributed by atoms with E-state index in [1.54, 1.807) is 37.4 Å². The molecule has 1 saturated carbocycles. The number of ether oxygens (including phenoxy) is 1. The number of amides is 1. The van der Waals surface area contributed by atoms with Gasteiger partial charge in [-0.15, -0.1) is 11.3 Å². The fraction of sp³-hybridized carbons (Fsp3) is 0.192. The Morgan fingerprint density at radius 1 is 1.21 bits per heavy atom. The van der Waals surface area contributed by atoms with Gasteiger partial charge < -0.3 is 14.3 Å². The van der Waals surface area contributed by atoms with E-state index in [0.29, 0.717) is 55.7 Å². The Balaban J connectivity index is 1.26. The molecular weight excluding hydrogens is 548 g/mol. The molecule has 2 N–H and O–H groups in total. The van der Waals surface area contributed by atoms with Gasteiger partial charge >= 0.3 is 12.1 Å². The summed E-state index contributed by atoms with van der Waals surface area (Å²) in [5.74, 6) is 5.27. The molecule has 1 atom stereocenters. The zero-order chi connectivity index (χ0) is 26.4. The van der Waals surface area contributed by atoms with Crippen LogP contribution < -0.4 is 5.32 Å². The molecule has 12 heteroatoms. The van der Waals surface area contributed by atoms with E-state index in [1.807, 2.05) is 6.07 Å². The number of rotatable bonds is 5. The highest BCUT2D eigenvalue weighted by atomic mass is 35.5. The maximum absolute atomic E-state index is 12.8. The number of aliphatic carboxylic acids is 1. The molecule has 0 aliphatic heterocycles. The number of furan rings is 1. The second-order valence-corrected chi connectivity index (χ2v) is 11.3. The second-order valence-electron chi connectivity index (χ2n) is 8.66. The number of thiazole rings is 2. The van der Waals surface area contributed by atoms with Crippen LogP contribution >= 0.6 is 34.3 Å². The van der Waals surface area contributed by atoms with Gasteiger partial charge in [-0.05, 0) is 43.7 Å². The van der Waals surface area contributed by atoms with E-state index in [9.17, 15) is 14.7 Å².